The van der Waals surface area contributed by atoms with Crippen molar-refractivity contribution in [3.8, 4) is 11.1 Å². The molecule has 0 saturated carbocycles. The van der Waals surface area contributed by atoms with Crippen LogP contribution in [0.5, 0.6) is 0 Å². The maximum absolute atomic E-state index is 13.8. The van der Waals surface area contributed by atoms with Crippen molar-refractivity contribution in [3.63, 3.8) is 0 Å². The Kier molecular flexibility index (Phi) is 4.82. The Hall–Kier alpha value is -3.95. The van der Waals surface area contributed by atoms with Crippen LogP contribution in [0.1, 0.15) is 5.56 Å². The minimum absolute atomic E-state index is 0.376. The highest BCUT2D eigenvalue weighted by atomic mass is 19.4. The molecule has 2 amide bonds. The zero-order chi connectivity index (χ0) is 21.3. The highest BCUT2D eigenvalue weighted by Crippen LogP contribution is 2.32. The molecule has 2 aromatic heterocycles. The van der Waals surface area contributed by atoms with Gasteiger partial charge < -0.3 is 10.6 Å². The molecule has 0 atom stereocenters. The normalized spacial score (nSPS) is 11.5. The van der Waals surface area contributed by atoms with Gasteiger partial charge in [-0.05, 0) is 47.5 Å². The van der Waals surface area contributed by atoms with Crippen molar-refractivity contribution in [2.45, 2.75) is 6.18 Å². The van der Waals surface area contributed by atoms with E-state index in [1.165, 1.54) is 0 Å². The molecule has 0 unspecified atom stereocenters. The van der Waals surface area contributed by atoms with Gasteiger partial charge in [0.1, 0.15) is 5.82 Å². The van der Waals surface area contributed by atoms with Crippen molar-refractivity contribution in [1.29, 1.82) is 0 Å². The topological polar surface area (TPSA) is 82.7 Å². The summed E-state index contributed by atoms with van der Waals surface area (Å²) in [5.41, 5.74) is 1.11. The molecule has 10 heteroatoms. The number of aromatic amines is 1. The van der Waals surface area contributed by atoms with Crippen LogP contribution in [-0.4, -0.2) is 21.2 Å². The molecule has 0 aliphatic heterocycles. The predicted molar refractivity (Wildman–Crippen MR) is 103 cm³/mol. The number of amides is 2. The van der Waals surface area contributed by atoms with E-state index in [0.717, 1.165) is 16.5 Å². The minimum Gasteiger partial charge on any atom is -0.308 e. The summed E-state index contributed by atoms with van der Waals surface area (Å²) < 4.78 is 52.1. The number of carbonyl (C=O) groups excluding carboxylic acids is 1. The lowest BCUT2D eigenvalue weighted by Crippen LogP contribution is -2.20. The molecule has 0 aliphatic rings. The number of anilines is 2. The summed E-state index contributed by atoms with van der Waals surface area (Å²) in [6.07, 6.45) is -1.36. The maximum atomic E-state index is 13.8. The molecule has 2 heterocycles. The first kappa shape index (κ1) is 19.4. The van der Waals surface area contributed by atoms with Gasteiger partial charge in [0.25, 0.3) is 0 Å². The fourth-order valence-electron chi connectivity index (χ4n) is 2.92. The summed E-state index contributed by atoms with van der Waals surface area (Å²) in [4.78, 5) is 16.3. The van der Waals surface area contributed by atoms with Gasteiger partial charge in [0.2, 0.25) is 0 Å². The Morgan fingerprint density at radius 3 is 2.50 bits per heavy atom. The van der Waals surface area contributed by atoms with E-state index in [-0.39, 0.29) is 0 Å². The Bertz CT molecular complexity index is 1220. The third kappa shape index (κ3) is 3.93. The largest absolute Gasteiger partial charge is 0.416 e. The van der Waals surface area contributed by atoms with Gasteiger partial charge in [-0.3, -0.25) is 5.10 Å². The average molecular weight is 415 g/mol. The average Bonchev–Trinajstić information content (AvgIpc) is 3.18. The highest BCUT2D eigenvalue weighted by Gasteiger charge is 2.31. The molecule has 4 rings (SSSR count). The van der Waals surface area contributed by atoms with Crippen molar-refractivity contribution in [2.75, 3.05) is 10.6 Å². The number of halogens is 4. The predicted octanol–water partition coefficient (Wildman–Crippen LogP) is 5.43. The quantitative estimate of drug-likeness (QED) is 0.391. The van der Waals surface area contributed by atoms with Crippen molar-refractivity contribution >= 4 is 28.4 Å². The van der Waals surface area contributed by atoms with Gasteiger partial charge in [-0.25, -0.2) is 14.2 Å². The molecule has 0 saturated heterocycles. The van der Waals surface area contributed by atoms with E-state index in [4.69, 9.17) is 0 Å². The summed E-state index contributed by atoms with van der Waals surface area (Å²) in [5, 5.41) is 12.1. The van der Waals surface area contributed by atoms with Gasteiger partial charge in [0, 0.05) is 17.3 Å². The lowest BCUT2D eigenvalue weighted by Gasteiger charge is -2.12. The Morgan fingerprint density at radius 2 is 1.77 bits per heavy atom. The number of carbonyl (C=O) groups is 1. The molecular weight excluding hydrogens is 402 g/mol. The van der Waals surface area contributed by atoms with Gasteiger partial charge in [-0.2, -0.15) is 18.3 Å². The fourth-order valence-corrected chi connectivity index (χ4v) is 2.92. The molecule has 0 spiro atoms. The van der Waals surface area contributed by atoms with E-state index in [1.807, 2.05) is 6.07 Å². The van der Waals surface area contributed by atoms with Crippen LogP contribution in [0.3, 0.4) is 0 Å². The second-order valence-electron chi connectivity index (χ2n) is 6.34. The van der Waals surface area contributed by atoms with Crippen LogP contribution in [0.4, 0.5) is 33.7 Å². The minimum atomic E-state index is -4.65. The number of hydrogen-bond donors (Lipinski definition) is 3. The van der Waals surface area contributed by atoms with Crippen LogP contribution in [0.25, 0.3) is 22.2 Å². The van der Waals surface area contributed by atoms with Gasteiger partial charge in [-0.15, -0.1) is 0 Å². The number of alkyl halides is 3. The van der Waals surface area contributed by atoms with Crippen LogP contribution >= 0.6 is 0 Å². The number of pyridine rings is 1. The summed E-state index contributed by atoms with van der Waals surface area (Å²) >= 11 is 0. The van der Waals surface area contributed by atoms with E-state index in [0.29, 0.717) is 29.5 Å². The Balaban J connectivity index is 1.49. The van der Waals surface area contributed by atoms with Gasteiger partial charge in [0.15, 0.2) is 5.65 Å². The number of nitrogens with zero attached hydrogens (tertiary/aromatic N) is 2. The van der Waals surface area contributed by atoms with Gasteiger partial charge >= 0.3 is 12.2 Å². The second kappa shape index (κ2) is 7.47. The van der Waals surface area contributed by atoms with Gasteiger partial charge in [0.05, 0.1) is 17.4 Å². The van der Waals surface area contributed by atoms with Crippen LogP contribution in [0.2, 0.25) is 0 Å². The van der Waals surface area contributed by atoms with Gasteiger partial charge in [-0.1, -0.05) is 12.1 Å². The first-order valence-corrected chi connectivity index (χ1v) is 8.64. The molecule has 4 aromatic rings. The van der Waals surface area contributed by atoms with Crippen LogP contribution < -0.4 is 10.6 Å². The third-order valence-corrected chi connectivity index (χ3v) is 4.35. The number of rotatable bonds is 3. The van der Waals surface area contributed by atoms with Crippen molar-refractivity contribution < 1.29 is 22.4 Å². The lowest BCUT2D eigenvalue weighted by atomic mass is 10.0. The molecule has 0 radical (unpaired) electrons. The van der Waals surface area contributed by atoms with Crippen LogP contribution in [-0.2, 0) is 6.18 Å². The number of nitrogens with one attached hydrogen (secondary N) is 3. The van der Waals surface area contributed by atoms with E-state index in [9.17, 15) is 22.4 Å². The molecule has 152 valence electrons. The monoisotopic (exact) mass is 415 g/mol. The Morgan fingerprint density at radius 1 is 1.00 bits per heavy atom. The summed E-state index contributed by atoms with van der Waals surface area (Å²) in [6.45, 7) is 0. The van der Waals surface area contributed by atoms with E-state index in [1.54, 1.807) is 36.7 Å². The van der Waals surface area contributed by atoms with Crippen LogP contribution in [0.15, 0.2) is 60.9 Å². The highest BCUT2D eigenvalue weighted by molar-refractivity contribution is 6.00. The second-order valence-corrected chi connectivity index (χ2v) is 6.34. The summed E-state index contributed by atoms with van der Waals surface area (Å²) in [5.74, 6) is -0.977. The number of H-pyrrole nitrogens is 1. The van der Waals surface area contributed by atoms with Crippen LogP contribution in [0, 0.1) is 5.82 Å². The number of fused-ring (bicyclic) bond motifs is 1. The molecule has 6 nitrogen and oxygen atoms in total. The first-order valence-electron chi connectivity index (χ1n) is 8.64. The zero-order valence-corrected chi connectivity index (χ0v) is 15.1. The van der Waals surface area contributed by atoms with E-state index >= 15 is 0 Å². The van der Waals surface area contributed by atoms with E-state index in [2.05, 4.69) is 25.8 Å². The molecule has 0 bridgehead atoms. The van der Waals surface area contributed by atoms with Crippen molar-refractivity contribution in [1.82, 2.24) is 15.2 Å². The standard InChI is InChI=1S/C20H13F4N5O/c21-16-6-3-12(20(22,23)24)9-17(16)28-19(30)27-13-4-1-11(2-5-13)14-7-8-25-18-15(14)10-26-29-18/h1-10H,(H,25,26,29)(H2,27,28,30). The third-order valence-electron chi connectivity index (χ3n) is 4.35. The molecule has 2 aromatic carbocycles. The number of hydrogen-bond acceptors (Lipinski definition) is 3. The first-order chi connectivity index (χ1) is 14.3. The smallest absolute Gasteiger partial charge is 0.308 e. The molecule has 0 aliphatic carbocycles. The number of benzene rings is 2. The zero-order valence-electron chi connectivity index (χ0n) is 15.1. The molecule has 30 heavy (non-hydrogen) atoms. The molecule has 0 fully saturated rings. The van der Waals surface area contributed by atoms with Crippen molar-refractivity contribution in [2.24, 2.45) is 0 Å². The summed E-state index contributed by atoms with van der Waals surface area (Å²) in [6, 6.07) is 9.48. The maximum Gasteiger partial charge on any atom is 0.416 e. The van der Waals surface area contributed by atoms with E-state index < -0.39 is 29.3 Å². The molecule has 3 N–H and O–H groups in total. The summed E-state index contributed by atoms with van der Waals surface area (Å²) in [7, 11) is 0. The fraction of sp³-hybridized carbons (Fsp3) is 0.0500. The Labute approximate surface area is 166 Å². The SMILES string of the molecule is O=C(Nc1ccc(-c2ccnc3[nH]ncc23)cc1)Nc1cc(C(F)(F)F)ccc1F. The molecular formula is C20H13F4N5O. The lowest BCUT2D eigenvalue weighted by molar-refractivity contribution is -0.137. The number of aromatic nitrogens is 3. The number of urea groups is 1. The van der Waals surface area contributed by atoms with Crippen molar-refractivity contribution in [3.05, 3.63) is 72.3 Å².